The van der Waals surface area contributed by atoms with Crippen molar-refractivity contribution < 1.29 is 14.3 Å². The molecule has 0 radical (unpaired) electrons. The van der Waals surface area contributed by atoms with Gasteiger partial charge in [-0.3, -0.25) is 9.59 Å². The van der Waals surface area contributed by atoms with Crippen LogP contribution in [0.5, 0.6) is 5.75 Å². The number of carbonyl (C=O) groups is 2. The highest BCUT2D eigenvalue weighted by atomic mass is 16.5. The summed E-state index contributed by atoms with van der Waals surface area (Å²) in [5, 5.41) is 2.99. The molecule has 31 heavy (non-hydrogen) atoms. The van der Waals surface area contributed by atoms with Crippen LogP contribution < -0.4 is 10.1 Å². The maximum atomic E-state index is 13.2. The van der Waals surface area contributed by atoms with Crippen molar-refractivity contribution in [2.45, 2.75) is 72.0 Å². The summed E-state index contributed by atoms with van der Waals surface area (Å²) in [6.45, 7) is 10.1. The number of methoxy groups -OCH3 is 1. The molecule has 1 N–H and O–H groups in total. The summed E-state index contributed by atoms with van der Waals surface area (Å²) in [6.07, 6.45) is 1.99. The molecule has 2 amide bonds. The van der Waals surface area contributed by atoms with Crippen molar-refractivity contribution >= 4 is 11.8 Å². The molecule has 0 aliphatic heterocycles. The molecule has 1 atom stereocenters. The van der Waals surface area contributed by atoms with E-state index in [-0.39, 0.29) is 17.4 Å². The molecule has 0 spiro atoms. The Morgan fingerprint density at radius 3 is 2.26 bits per heavy atom. The highest BCUT2D eigenvalue weighted by Crippen LogP contribution is 2.18. The largest absolute Gasteiger partial charge is 0.497 e. The number of carbonyl (C=O) groups excluding carboxylic acids is 2. The van der Waals surface area contributed by atoms with Crippen molar-refractivity contribution in [3.05, 3.63) is 65.2 Å². The molecule has 0 aromatic heterocycles. The number of aryl methyl sites for hydroxylation is 2. The number of hydrogen-bond donors (Lipinski definition) is 1. The normalized spacial score (nSPS) is 12.2. The first-order chi connectivity index (χ1) is 14.6. The van der Waals surface area contributed by atoms with Crippen molar-refractivity contribution in [3.8, 4) is 5.75 Å². The number of hydrogen-bond acceptors (Lipinski definition) is 3. The van der Waals surface area contributed by atoms with Gasteiger partial charge in [-0.1, -0.05) is 43.3 Å². The van der Waals surface area contributed by atoms with Gasteiger partial charge in [0.25, 0.3) is 0 Å². The van der Waals surface area contributed by atoms with Crippen LogP contribution in [0.25, 0.3) is 0 Å². The van der Waals surface area contributed by atoms with E-state index in [1.807, 2.05) is 45.0 Å². The first-order valence-corrected chi connectivity index (χ1v) is 10.9. The van der Waals surface area contributed by atoms with Crippen LogP contribution in [0.1, 0.15) is 57.7 Å². The van der Waals surface area contributed by atoms with Crippen molar-refractivity contribution in [1.29, 1.82) is 0 Å². The summed E-state index contributed by atoms with van der Waals surface area (Å²) in [4.78, 5) is 27.7. The van der Waals surface area contributed by atoms with Crippen LogP contribution in [-0.2, 0) is 29.0 Å². The fourth-order valence-corrected chi connectivity index (χ4v) is 3.36. The van der Waals surface area contributed by atoms with Gasteiger partial charge in [-0.2, -0.15) is 0 Å². The summed E-state index contributed by atoms with van der Waals surface area (Å²) >= 11 is 0. The van der Waals surface area contributed by atoms with Gasteiger partial charge in [0.15, 0.2) is 0 Å². The number of nitrogens with one attached hydrogen (secondary N) is 1. The molecule has 0 saturated carbocycles. The Labute approximate surface area is 186 Å². The van der Waals surface area contributed by atoms with E-state index >= 15 is 0 Å². The summed E-state index contributed by atoms with van der Waals surface area (Å²) in [6, 6.07) is 15.4. The molecule has 168 valence electrons. The second-order valence-electron chi connectivity index (χ2n) is 8.96. The van der Waals surface area contributed by atoms with Gasteiger partial charge in [0, 0.05) is 18.5 Å². The summed E-state index contributed by atoms with van der Waals surface area (Å²) in [5.41, 5.74) is 2.97. The van der Waals surface area contributed by atoms with Gasteiger partial charge in [0.1, 0.15) is 11.8 Å². The third-order valence-electron chi connectivity index (χ3n) is 5.21. The summed E-state index contributed by atoms with van der Waals surface area (Å²) in [7, 11) is 1.62. The topological polar surface area (TPSA) is 58.6 Å². The van der Waals surface area contributed by atoms with Gasteiger partial charge in [0.05, 0.1) is 7.11 Å². The third kappa shape index (κ3) is 7.74. The van der Waals surface area contributed by atoms with E-state index in [9.17, 15) is 9.59 Å². The highest BCUT2D eigenvalue weighted by molar-refractivity contribution is 5.87. The molecule has 5 heteroatoms. The van der Waals surface area contributed by atoms with Gasteiger partial charge >= 0.3 is 0 Å². The van der Waals surface area contributed by atoms with Crippen LogP contribution in [-0.4, -0.2) is 35.4 Å². The second-order valence-corrected chi connectivity index (χ2v) is 8.96. The monoisotopic (exact) mass is 424 g/mol. The predicted molar refractivity (Wildman–Crippen MR) is 125 cm³/mol. The first-order valence-electron chi connectivity index (χ1n) is 10.9. The molecule has 0 heterocycles. The molecule has 0 bridgehead atoms. The van der Waals surface area contributed by atoms with E-state index in [1.54, 1.807) is 18.9 Å². The SMILES string of the molecule is CCc1ccc(CCC(=O)N(Cc2cccc(OC)c2)[C@H](C)C(=O)NC(C)(C)C)cc1. The first kappa shape index (κ1) is 24.4. The van der Waals surface area contributed by atoms with Crippen molar-refractivity contribution in [1.82, 2.24) is 10.2 Å². The third-order valence-corrected chi connectivity index (χ3v) is 5.21. The van der Waals surface area contributed by atoms with Gasteiger partial charge in [-0.25, -0.2) is 0 Å². The van der Waals surface area contributed by atoms with Gasteiger partial charge < -0.3 is 15.0 Å². The van der Waals surface area contributed by atoms with Crippen molar-refractivity contribution in [2.75, 3.05) is 7.11 Å². The average Bonchev–Trinajstić information content (AvgIpc) is 2.74. The maximum Gasteiger partial charge on any atom is 0.242 e. The molecule has 2 rings (SSSR count). The van der Waals surface area contributed by atoms with Crippen LogP contribution in [0.4, 0.5) is 0 Å². The Hall–Kier alpha value is -2.82. The second kappa shape index (κ2) is 11.0. The minimum absolute atomic E-state index is 0.0426. The molecule has 0 saturated heterocycles. The lowest BCUT2D eigenvalue weighted by molar-refractivity contribution is -0.141. The smallest absolute Gasteiger partial charge is 0.242 e. The van der Waals surface area contributed by atoms with E-state index in [2.05, 4.69) is 36.5 Å². The Bertz CT molecular complexity index is 869. The van der Waals surface area contributed by atoms with Crippen LogP contribution in [0.15, 0.2) is 48.5 Å². The number of nitrogens with zero attached hydrogens (tertiary/aromatic N) is 1. The molecule has 2 aromatic carbocycles. The lowest BCUT2D eigenvalue weighted by Gasteiger charge is -2.31. The number of amides is 2. The standard InChI is InChI=1S/C26H36N2O3/c1-7-20-11-13-21(14-12-20)15-16-24(29)28(19(2)25(30)27-26(3,4)5)18-22-9-8-10-23(17-22)31-6/h8-14,17,19H,7,15-16,18H2,1-6H3,(H,27,30)/t19-/m1/s1. The van der Waals surface area contributed by atoms with Crippen LogP contribution >= 0.6 is 0 Å². The lowest BCUT2D eigenvalue weighted by atomic mass is 10.0. The van der Waals surface area contributed by atoms with E-state index in [0.717, 1.165) is 23.3 Å². The molecule has 0 fully saturated rings. The van der Waals surface area contributed by atoms with Crippen LogP contribution in [0, 0.1) is 0 Å². The Balaban J connectivity index is 2.17. The molecular weight excluding hydrogens is 388 g/mol. The minimum Gasteiger partial charge on any atom is -0.497 e. The fourth-order valence-electron chi connectivity index (χ4n) is 3.36. The average molecular weight is 425 g/mol. The highest BCUT2D eigenvalue weighted by Gasteiger charge is 2.28. The molecule has 5 nitrogen and oxygen atoms in total. The van der Waals surface area contributed by atoms with Crippen LogP contribution in [0.2, 0.25) is 0 Å². The number of rotatable bonds is 9. The fraction of sp³-hybridized carbons (Fsp3) is 0.462. The zero-order valence-corrected chi connectivity index (χ0v) is 19.7. The van der Waals surface area contributed by atoms with E-state index in [1.165, 1.54) is 5.56 Å². The van der Waals surface area contributed by atoms with Crippen LogP contribution in [0.3, 0.4) is 0 Å². The summed E-state index contributed by atoms with van der Waals surface area (Å²) < 4.78 is 5.31. The Morgan fingerprint density at radius 1 is 1.03 bits per heavy atom. The Kier molecular flexibility index (Phi) is 8.66. The van der Waals surface area contributed by atoms with Gasteiger partial charge in [-0.05, 0) is 69.4 Å². The lowest BCUT2D eigenvalue weighted by Crippen LogP contribution is -2.52. The Morgan fingerprint density at radius 2 is 1.68 bits per heavy atom. The van der Waals surface area contributed by atoms with Gasteiger partial charge in [-0.15, -0.1) is 0 Å². The van der Waals surface area contributed by atoms with E-state index in [0.29, 0.717) is 19.4 Å². The molecule has 0 aliphatic carbocycles. The van der Waals surface area contributed by atoms with Crippen molar-refractivity contribution in [3.63, 3.8) is 0 Å². The zero-order valence-electron chi connectivity index (χ0n) is 19.7. The molecule has 0 unspecified atom stereocenters. The zero-order chi connectivity index (χ0) is 23.0. The minimum atomic E-state index is -0.583. The van der Waals surface area contributed by atoms with Crippen molar-refractivity contribution in [2.24, 2.45) is 0 Å². The molecule has 0 aliphatic rings. The number of benzene rings is 2. The summed E-state index contributed by atoms with van der Waals surface area (Å²) in [5.74, 6) is 0.530. The molecule has 2 aromatic rings. The maximum absolute atomic E-state index is 13.2. The number of ether oxygens (including phenoxy) is 1. The quantitative estimate of drug-likeness (QED) is 0.644. The predicted octanol–water partition coefficient (Wildman–Crippen LogP) is 4.52. The van der Waals surface area contributed by atoms with E-state index < -0.39 is 6.04 Å². The van der Waals surface area contributed by atoms with Gasteiger partial charge in [0.2, 0.25) is 11.8 Å². The molecular formula is C26H36N2O3. The van der Waals surface area contributed by atoms with E-state index in [4.69, 9.17) is 4.74 Å².